The second-order valence-corrected chi connectivity index (χ2v) is 12.6. The van der Waals surface area contributed by atoms with Crippen molar-refractivity contribution in [2.24, 2.45) is 0 Å². The first-order valence-corrected chi connectivity index (χ1v) is 17.0. The molecule has 1 aromatic heterocycles. The number of carbonyl (C=O) groups is 2. The molecular formula is C42H39F3N4O2. The molecule has 6 nitrogen and oxygen atoms in total. The molecule has 0 bridgehead atoms. The molecule has 260 valence electrons. The van der Waals surface area contributed by atoms with Crippen LogP contribution in [0.4, 0.5) is 13.2 Å². The number of benzene rings is 4. The monoisotopic (exact) mass is 688 g/mol. The van der Waals surface area contributed by atoms with E-state index in [4.69, 9.17) is 0 Å². The van der Waals surface area contributed by atoms with Crippen LogP contribution < -0.4 is 0 Å². The lowest BCUT2D eigenvalue weighted by atomic mass is 10.0. The number of piperazine rings is 1. The summed E-state index contributed by atoms with van der Waals surface area (Å²) in [7, 11) is 0. The summed E-state index contributed by atoms with van der Waals surface area (Å²) in [6, 6.07) is 37.1. The van der Waals surface area contributed by atoms with Crippen molar-refractivity contribution in [2.45, 2.75) is 31.7 Å². The van der Waals surface area contributed by atoms with Crippen molar-refractivity contribution in [1.29, 1.82) is 0 Å². The van der Waals surface area contributed by atoms with Gasteiger partial charge in [-0.2, -0.15) is 13.2 Å². The smallest absolute Gasteiger partial charge is 0.338 e. The summed E-state index contributed by atoms with van der Waals surface area (Å²) >= 11 is 0. The third kappa shape index (κ3) is 9.58. The van der Waals surface area contributed by atoms with Gasteiger partial charge < -0.3 is 9.80 Å². The van der Waals surface area contributed by atoms with Gasteiger partial charge in [0.15, 0.2) is 0 Å². The lowest BCUT2D eigenvalue weighted by Crippen LogP contribution is -2.56. The highest BCUT2D eigenvalue weighted by Gasteiger charge is 2.34. The summed E-state index contributed by atoms with van der Waals surface area (Å²) in [5.74, 6) is -0.581. The molecule has 1 atom stereocenters. The Morgan fingerprint density at radius 2 is 1.33 bits per heavy atom. The standard InChI is InChI=1S/C42H39F3N4O2/c43-42(44,45)37-20-16-32(17-21-37)19-23-40(50)49(31-35-18-22-38(46-29-35)36-14-8-3-9-15-36)39(28-33-10-4-1-5-11-33)41(51)48-26-24-47(25-27-48)30-34-12-6-2-7-13-34/h1-23,29,39H,24-28,30-31H2/t39-/m0/s1. The van der Waals surface area contributed by atoms with Gasteiger partial charge in [-0.25, -0.2) is 0 Å². The van der Waals surface area contributed by atoms with Crippen LogP contribution >= 0.6 is 0 Å². The number of amides is 2. The summed E-state index contributed by atoms with van der Waals surface area (Å²) in [5.41, 5.74) is 4.26. The van der Waals surface area contributed by atoms with Crippen molar-refractivity contribution in [3.05, 3.63) is 167 Å². The Hall–Kier alpha value is -5.54. The fourth-order valence-corrected chi connectivity index (χ4v) is 6.23. The minimum absolute atomic E-state index is 0.107. The quantitative estimate of drug-likeness (QED) is 0.133. The lowest BCUT2D eigenvalue weighted by molar-refractivity contribution is -0.145. The van der Waals surface area contributed by atoms with Crippen molar-refractivity contribution in [1.82, 2.24) is 19.7 Å². The molecule has 9 heteroatoms. The third-order valence-electron chi connectivity index (χ3n) is 9.05. The number of rotatable bonds is 11. The van der Waals surface area contributed by atoms with E-state index in [1.165, 1.54) is 29.8 Å². The highest BCUT2D eigenvalue weighted by Crippen LogP contribution is 2.29. The molecule has 5 aromatic rings. The fraction of sp³-hybridized carbons (Fsp3) is 0.214. The number of alkyl halides is 3. The Balaban J connectivity index is 1.28. The first-order valence-electron chi connectivity index (χ1n) is 17.0. The Kier molecular flexibility index (Phi) is 11.4. The number of aromatic nitrogens is 1. The highest BCUT2D eigenvalue weighted by atomic mass is 19.4. The second kappa shape index (κ2) is 16.4. The van der Waals surface area contributed by atoms with E-state index in [2.05, 4.69) is 22.0 Å². The molecule has 0 N–H and O–H groups in total. The molecule has 2 heterocycles. The van der Waals surface area contributed by atoms with E-state index >= 15 is 0 Å². The Morgan fingerprint density at radius 3 is 1.92 bits per heavy atom. The van der Waals surface area contributed by atoms with Crippen LogP contribution in [0.25, 0.3) is 17.3 Å². The Bertz CT molecular complexity index is 1890. The van der Waals surface area contributed by atoms with Crippen LogP contribution in [0.1, 0.15) is 27.8 Å². The fourth-order valence-electron chi connectivity index (χ4n) is 6.23. The van der Waals surface area contributed by atoms with Crippen molar-refractivity contribution < 1.29 is 22.8 Å². The predicted molar refractivity (Wildman–Crippen MR) is 193 cm³/mol. The van der Waals surface area contributed by atoms with Crippen molar-refractivity contribution in [2.75, 3.05) is 26.2 Å². The van der Waals surface area contributed by atoms with Gasteiger partial charge in [0, 0.05) is 63.5 Å². The second-order valence-electron chi connectivity index (χ2n) is 12.6. The Morgan fingerprint density at radius 1 is 0.725 bits per heavy atom. The molecule has 1 aliphatic heterocycles. The maximum absolute atomic E-state index is 14.5. The average Bonchev–Trinajstić information content (AvgIpc) is 3.16. The van der Waals surface area contributed by atoms with Crippen molar-refractivity contribution in [3.8, 4) is 11.3 Å². The van der Waals surface area contributed by atoms with Gasteiger partial charge in [-0.15, -0.1) is 0 Å². The number of carbonyl (C=O) groups excluding carboxylic acids is 2. The first-order chi connectivity index (χ1) is 24.7. The van der Waals surface area contributed by atoms with E-state index in [9.17, 15) is 22.8 Å². The molecule has 2 amide bonds. The van der Waals surface area contributed by atoms with Gasteiger partial charge in [0.2, 0.25) is 11.8 Å². The number of pyridine rings is 1. The summed E-state index contributed by atoms with van der Waals surface area (Å²) in [6.45, 7) is 3.34. The molecule has 6 rings (SSSR count). The van der Waals surface area contributed by atoms with Crippen molar-refractivity contribution in [3.63, 3.8) is 0 Å². The van der Waals surface area contributed by atoms with Crippen LogP contribution in [0.2, 0.25) is 0 Å². The number of hydrogen-bond acceptors (Lipinski definition) is 4. The van der Waals surface area contributed by atoms with Gasteiger partial charge in [0.05, 0.1) is 11.3 Å². The lowest BCUT2D eigenvalue weighted by Gasteiger charge is -2.39. The topological polar surface area (TPSA) is 56.8 Å². The van der Waals surface area contributed by atoms with Crippen LogP contribution in [-0.2, 0) is 35.3 Å². The third-order valence-corrected chi connectivity index (χ3v) is 9.05. The molecule has 0 unspecified atom stereocenters. The first kappa shape index (κ1) is 35.3. The molecule has 1 aliphatic rings. The van der Waals surface area contributed by atoms with Gasteiger partial charge in [-0.3, -0.25) is 19.5 Å². The number of nitrogens with zero attached hydrogens (tertiary/aromatic N) is 4. The minimum Gasteiger partial charge on any atom is -0.338 e. The maximum atomic E-state index is 14.5. The minimum atomic E-state index is -4.46. The van der Waals surface area contributed by atoms with Gasteiger partial charge in [0.1, 0.15) is 6.04 Å². The van der Waals surface area contributed by atoms with Crippen LogP contribution in [0.3, 0.4) is 0 Å². The van der Waals surface area contributed by atoms with Gasteiger partial charge in [-0.1, -0.05) is 109 Å². The largest absolute Gasteiger partial charge is 0.416 e. The molecule has 0 spiro atoms. The molecule has 0 saturated carbocycles. The van der Waals surface area contributed by atoms with E-state index in [0.717, 1.165) is 41.1 Å². The highest BCUT2D eigenvalue weighted by molar-refractivity contribution is 5.95. The molecule has 51 heavy (non-hydrogen) atoms. The van der Waals surface area contributed by atoms with Gasteiger partial charge in [0.25, 0.3) is 0 Å². The van der Waals surface area contributed by atoms with E-state index in [0.29, 0.717) is 38.2 Å². The summed E-state index contributed by atoms with van der Waals surface area (Å²) in [6.07, 6.45) is 0.362. The van der Waals surface area contributed by atoms with Gasteiger partial charge in [-0.05, 0) is 46.5 Å². The van der Waals surface area contributed by atoms with Crippen LogP contribution in [0.5, 0.6) is 0 Å². The van der Waals surface area contributed by atoms with E-state index in [1.807, 2.05) is 95.9 Å². The molecule has 1 fully saturated rings. The zero-order valence-corrected chi connectivity index (χ0v) is 28.1. The van der Waals surface area contributed by atoms with Crippen LogP contribution in [-0.4, -0.2) is 63.7 Å². The number of halogens is 3. The van der Waals surface area contributed by atoms with E-state index in [1.54, 1.807) is 11.1 Å². The van der Waals surface area contributed by atoms with E-state index in [-0.39, 0.29) is 12.5 Å². The predicted octanol–water partition coefficient (Wildman–Crippen LogP) is 7.77. The Labute approximate surface area is 296 Å². The zero-order chi connectivity index (χ0) is 35.6. The molecule has 0 radical (unpaired) electrons. The molecule has 4 aromatic carbocycles. The van der Waals surface area contributed by atoms with E-state index < -0.39 is 23.7 Å². The SMILES string of the molecule is O=C([C@H](Cc1ccccc1)N(Cc1ccc(-c2ccccc2)nc1)C(=O)C=Cc1ccc(C(F)(F)F)cc1)N1CCN(Cc2ccccc2)CC1. The number of hydrogen-bond donors (Lipinski definition) is 0. The zero-order valence-electron chi connectivity index (χ0n) is 28.1. The average molecular weight is 689 g/mol. The van der Waals surface area contributed by atoms with Gasteiger partial charge >= 0.3 is 6.18 Å². The summed E-state index contributed by atoms with van der Waals surface area (Å²) < 4.78 is 39.5. The molecule has 0 aliphatic carbocycles. The molecule has 1 saturated heterocycles. The normalized spacial score (nSPS) is 14.4. The molecular weight excluding hydrogens is 649 g/mol. The van der Waals surface area contributed by atoms with Crippen LogP contribution in [0, 0.1) is 0 Å². The maximum Gasteiger partial charge on any atom is 0.416 e. The van der Waals surface area contributed by atoms with Crippen LogP contribution in [0.15, 0.2) is 140 Å². The summed E-state index contributed by atoms with van der Waals surface area (Å²) in [5, 5.41) is 0. The van der Waals surface area contributed by atoms with Crippen molar-refractivity contribution >= 4 is 17.9 Å². The summed E-state index contributed by atoms with van der Waals surface area (Å²) in [4.78, 5) is 39.1.